The first kappa shape index (κ1) is 10.2. The Labute approximate surface area is 90.9 Å². The first-order chi connectivity index (χ1) is 7.83. The smallest absolute Gasteiger partial charge is 0.361 e. The molecule has 1 N–H and O–H groups in total. The van der Waals surface area contributed by atoms with Crippen molar-refractivity contribution in [2.24, 2.45) is 0 Å². The van der Waals surface area contributed by atoms with Crippen molar-refractivity contribution in [3.63, 3.8) is 0 Å². The summed E-state index contributed by atoms with van der Waals surface area (Å²) in [6, 6.07) is 0. The summed E-state index contributed by atoms with van der Waals surface area (Å²) in [7, 11) is 0. The summed E-state index contributed by atoms with van der Waals surface area (Å²) in [6.45, 7) is 2.01. The first-order valence-electron chi connectivity index (χ1n) is 4.67. The predicted octanol–water partition coefficient (Wildman–Crippen LogP) is 0.438. The van der Waals surface area contributed by atoms with Crippen molar-refractivity contribution in [3.8, 4) is 11.4 Å². The third-order valence-corrected chi connectivity index (χ3v) is 1.82. The van der Waals surface area contributed by atoms with E-state index in [1.54, 1.807) is 6.92 Å². The number of rotatable bonds is 3. The van der Waals surface area contributed by atoms with Crippen LogP contribution < -0.4 is 0 Å². The summed E-state index contributed by atoms with van der Waals surface area (Å²) in [6.07, 6.45) is 4.55. The van der Waals surface area contributed by atoms with E-state index in [2.05, 4.69) is 25.4 Å². The highest BCUT2D eigenvalue weighted by atomic mass is 16.5. The second-order valence-corrected chi connectivity index (χ2v) is 2.83. The Kier molecular flexibility index (Phi) is 2.86. The zero-order valence-corrected chi connectivity index (χ0v) is 8.54. The standard InChI is InChI=1S/C9H9N5O2/c1-2-16-9(15)8-7(12-14-13-8)6-5-10-3-4-11-6/h3-5H,2H2,1H3,(H,12,13,14). The molecule has 0 atom stereocenters. The molecular weight excluding hydrogens is 210 g/mol. The largest absolute Gasteiger partial charge is 0.461 e. The van der Waals surface area contributed by atoms with Gasteiger partial charge in [-0.15, -0.1) is 5.10 Å². The molecule has 16 heavy (non-hydrogen) atoms. The van der Waals surface area contributed by atoms with Crippen LogP contribution in [0.2, 0.25) is 0 Å². The molecule has 2 rings (SSSR count). The molecule has 2 heterocycles. The van der Waals surface area contributed by atoms with E-state index in [1.165, 1.54) is 18.6 Å². The summed E-state index contributed by atoms with van der Waals surface area (Å²) in [4.78, 5) is 19.4. The highest BCUT2D eigenvalue weighted by molar-refractivity contribution is 5.93. The van der Waals surface area contributed by atoms with Crippen molar-refractivity contribution in [2.45, 2.75) is 6.92 Å². The lowest BCUT2D eigenvalue weighted by Crippen LogP contribution is -2.07. The number of nitrogens with one attached hydrogen (secondary N) is 1. The van der Waals surface area contributed by atoms with Gasteiger partial charge in [-0.3, -0.25) is 9.97 Å². The van der Waals surface area contributed by atoms with Gasteiger partial charge in [0, 0.05) is 12.4 Å². The zero-order chi connectivity index (χ0) is 11.4. The monoisotopic (exact) mass is 219 g/mol. The van der Waals surface area contributed by atoms with Gasteiger partial charge < -0.3 is 4.74 Å². The van der Waals surface area contributed by atoms with Crippen LogP contribution in [-0.2, 0) is 4.74 Å². The fourth-order valence-electron chi connectivity index (χ4n) is 1.17. The van der Waals surface area contributed by atoms with Crippen molar-refractivity contribution in [1.82, 2.24) is 25.4 Å². The second-order valence-electron chi connectivity index (χ2n) is 2.83. The van der Waals surface area contributed by atoms with E-state index in [0.717, 1.165) is 0 Å². The van der Waals surface area contributed by atoms with Crippen LogP contribution in [0.5, 0.6) is 0 Å². The summed E-state index contributed by atoms with van der Waals surface area (Å²) in [5, 5.41) is 9.95. The Hall–Kier alpha value is -2.31. The third kappa shape index (κ3) is 1.88. The van der Waals surface area contributed by atoms with Gasteiger partial charge in [0.15, 0.2) is 5.69 Å². The molecule has 7 heteroatoms. The number of carbonyl (C=O) groups is 1. The van der Waals surface area contributed by atoms with Crippen LogP contribution in [0.15, 0.2) is 18.6 Å². The number of ether oxygens (including phenoxy) is 1. The lowest BCUT2D eigenvalue weighted by molar-refractivity contribution is 0.0520. The van der Waals surface area contributed by atoms with Gasteiger partial charge in [0.05, 0.1) is 12.8 Å². The van der Waals surface area contributed by atoms with Crippen LogP contribution in [0.1, 0.15) is 17.4 Å². The van der Waals surface area contributed by atoms with Gasteiger partial charge in [0.1, 0.15) is 11.4 Å². The number of nitrogens with zero attached hydrogens (tertiary/aromatic N) is 4. The molecule has 0 bridgehead atoms. The van der Waals surface area contributed by atoms with Gasteiger partial charge in [0.25, 0.3) is 0 Å². The average molecular weight is 219 g/mol. The van der Waals surface area contributed by atoms with Gasteiger partial charge in [-0.25, -0.2) is 4.79 Å². The van der Waals surface area contributed by atoms with Crippen LogP contribution in [0.3, 0.4) is 0 Å². The summed E-state index contributed by atoms with van der Waals surface area (Å²) >= 11 is 0. The molecule has 82 valence electrons. The van der Waals surface area contributed by atoms with Crippen LogP contribution in [0.4, 0.5) is 0 Å². The van der Waals surface area contributed by atoms with Crippen LogP contribution in [0, 0.1) is 0 Å². The van der Waals surface area contributed by atoms with E-state index >= 15 is 0 Å². The Morgan fingerprint density at radius 1 is 1.44 bits per heavy atom. The Balaban J connectivity index is 2.37. The van der Waals surface area contributed by atoms with Crippen molar-refractivity contribution in [3.05, 3.63) is 24.3 Å². The number of esters is 1. The Bertz CT molecular complexity index is 482. The number of hydrogen-bond acceptors (Lipinski definition) is 6. The summed E-state index contributed by atoms with van der Waals surface area (Å²) in [5.41, 5.74) is 0.924. The molecule has 0 aliphatic heterocycles. The number of carbonyl (C=O) groups excluding carboxylic acids is 1. The maximum absolute atomic E-state index is 11.5. The first-order valence-corrected chi connectivity index (χ1v) is 4.67. The highest BCUT2D eigenvalue weighted by Gasteiger charge is 2.19. The van der Waals surface area contributed by atoms with E-state index in [0.29, 0.717) is 11.4 Å². The fraction of sp³-hybridized carbons (Fsp3) is 0.222. The molecule has 0 aromatic carbocycles. The molecule has 0 radical (unpaired) electrons. The van der Waals surface area contributed by atoms with E-state index in [9.17, 15) is 4.79 Å². The lowest BCUT2D eigenvalue weighted by atomic mass is 10.2. The minimum absolute atomic E-state index is 0.113. The molecule has 0 spiro atoms. The van der Waals surface area contributed by atoms with Crippen LogP contribution >= 0.6 is 0 Å². The second kappa shape index (κ2) is 4.47. The van der Waals surface area contributed by atoms with Crippen molar-refractivity contribution in [1.29, 1.82) is 0 Å². The molecule has 2 aromatic heterocycles. The van der Waals surface area contributed by atoms with Gasteiger partial charge in [0.2, 0.25) is 0 Å². The molecule has 0 fully saturated rings. The van der Waals surface area contributed by atoms with Crippen molar-refractivity contribution < 1.29 is 9.53 Å². The molecule has 0 aliphatic rings. The zero-order valence-electron chi connectivity index (χ0n) is 8.54. The highest BCUT2D eigenvalue weighted by Crippen LogP contribution is 2.16. The normalized spacial score (nSPS) is 10.1. The summed E-state index contributed by atoms with van der Waals surface area (Å²) < 4.78 is 4.84. The summed E-state index contributed by atoms with van der Waals surface area (Å²) in [5.74, 6) is -0.531. The number of aromatic amines is 1. The number of aromatic nitrogens is 5. The molecule has 2 aromatic rings. The van der Waals surface area contributed by atoms with E-state index in [1.807, 2.05) is 0 Å². The predicted molar refractivity (Wildman–Crippen MR) is 53.4 cm³/mol. The SMILES string of the molecule is CCOC(=O)c1n[nH]nc1-c1cnccn1. The third-order valence-electron chi connectivity index (χ3n) is 1.82. The average Bonchev–Trinajstić information content (AvgIpc) is 2.79. The Morgan fingerprint density at radius 2 is 2.31 bits per heavy atom. The molecule has 0 unspecified atom stereocenters. The maximum Gasteiger partial charge on any atom is 0.361 e. The topological polar surface area (TPSA) is 93.7 Å². The van der Waals surface area contributed by atoms with E-state index in [4.69, 9.17) is 4.74 Å². The number of H-pyrrole nitrogens is 1. The van der Waals surface area contributed by atoms with Gasteiger partial charge >= 0.3 is 5.97 Å². The quantitative estimate of drug-likeness (QED) is 0.752. The lowest BCUT2D eigenvalue weighted by Gasteiger charge is -1.99. The number of hydrogen-bond donors (Lipinski definition) is 1. The van der Waals surface area contributed by atoms with Gasteiger partial charge in [-0.1, -0.05) is 0 Å². The molecule has 0 saturated heterocycles. The van der Waals surface area contributed by atoms with E-state index < -0.39 is 5.97 Å². The molecule has 0 aliphatic carbocycles. The molecule has 7 nitrogen and oxygen atoms in total. The van der Waals surface area contributed by atoms with Gasteiger partial charge in [-0.05, 0) is 6.92 Å². The fourth-order valence-corrected chi connectivity index (χ4v) is 1.17. The molecular formula is C9H9N5O2. The van der Waals surface area contributed by atoms with Crippen LogP contribution in [-0.4, -0.2) is 38.0 Å². The van der Waals surface area contributed by atoms with Crippen LogP contribution in [0.25, 0.3) is 11.4 Å². The molecule has 0 amide bonds. The van der Waals surface area contributed by atoms with E-state index in [-0.39, 0.29) is 12.3 Å². The maximum atomic E-state index is 11.5. The van der Waals surface area contributed by atoms with Crippen molar-refractivity contribution >= 4 is 5.97 Å². The Morgan fingerprint density at radius 3 is 3.00 bits per heavy atom. The molecule has 0 saturated carbocycles. The minimum Gasteiger partial charge on any atom is -0.461 e. The van der Waals surface area contributed by atoms with Gasteiger partial charge in [-0.2, -0.15) is 10.3 Å². The van der Waals surface area contributed by atoms with Crippen molar-refractivity contribution in [2.75, 3.05) is 6.61 Å². The minimum atomic E-state index is -0.531.